The van der Waals surface area contributed by atoms with Crippen molar-refractivity contribution in [3.8, 4) is 0 Å². The molecule has 1 aromatic carbocycles. The number of carbonyl (C=O) groups is 2. The molecule has 0 aromatic heterocycles. The third-order valence-corrected chi connectivity index (χ3v) is 5.97. The lowest BCUT2D eigenvalue weighted by atomic mass is 10.1. The molecular formula is C18H24ClN3O2S. The molecule has 1 N–H and O–H groups in total. The van der Waals surface area contributed by atoms with Gasteiger partial charge in [0.2, 0.25) is 5.91 Å². The lowest BCUT2D eigenvalue weighted by Gasteiger charge is -2.21. The summed E-state index contributed by atoms with van der Waals surface area (Å²) in [6.45, 7) is 5.99. The minimum Gasteiger partial charge on any atom is -0.371 e. The average Bonchev–Trinajstić information content (AvgIpc) is 3.22. The highest BCUT2D eigenvalue weighted by Crippen LogP contribution is 2.29. The Balaban J connectivity index is 1.41. The Morgan fingerprint density at radius 1 is 1.40 bits per heavy atom. The fourth-order valence-corrected chi connectivity index (χ4v) is 4.37. The number of carbonyl (C=O) groups excluding carboxylic acids is 2. The second-order valence-electron chi connectivity index (χ2n) is 6.69. The molecule has 2 aliphatic heterocycles. The van der Waals surface area contributed by atoms with Crippen molar-refractivity contribution in [3.63, 3.8) is 0 Å². The summed E-state index contributed by atoms with van der Waals surface area (Å²) in [6.07, 6.45) is 1.45. The summed E-state index contributed by atoms with van der Waals surface area (Å²) in [5, 5.41) is 3.88. The lowest BCUT2D eigenvalue weighted by molar-refractivity contribution is -0.121. The largest absolute Gasteiger partial charge is 0.371 e. The van der Waals surface area contributed by atoms with E-state index in [1.807, 2.05) is 18.2 Å². The number of nitrogens with one attached hydrogen (secondary N) is 1. The first kappa shape index (κ1) is 18.4. The van der Waals surface area contributed by atoms with Gasteiger partial charge >= 0.3 is 0 Å². The van der Waals surface area contributed by atoms with Crippen LogP contribution in [0.2, 0.25) is 5.02 Å². The Bertz CT molecular complexity index is 655. The van der Waals surface area contributed by atoms with Gasteiger partial charge in [-0.15, -0.1) is 0 Å². The highest BCUT2D eigenvalue weighted by atomic mass is 35.5. The molecule has 3 rings (SSSR count). The molecule has 2 aliphatic rings. The molecule has 0 spiro atoms. The van der Waals surface area contributed by atoms with Gasteiger partial charge in [0.25, 0.3) is 5.24 Å². The van der Waals surface area contributed by atoms with Crippen LogP contribution in [0, 0.1) is 12.8 Å². The van der Waals surface area contributed by atoms with Gasteiger partial charge in [-0.2, -0.15) is 0 Å². The molecule has 2 heterocycles. The maximum Gasteiger partial charge on any atom is 0.281 e. The Morgan fingerprint density at radius 2 is 2.24 bits per heavy atom. The summed E-state index contributed by atoms with van der Waals surface area (Å²) in [5.41, 5.74) is 2.41. The zero-order chi connectivity index (χ0) is 17.8. The van der Waals surface area contributed by atoms with Crippen LogP contribution in [0.4, 0.5) is 10.5 Å². The molecule has 1 unspecified atom stereocenters. The van der Waals surface area contributed by atoms with E-state index < -0.39 is 0 Å². The van der Waals surface area contributed by atoms with Crippen molar-refractivity contribution in [2.45, 2.75) is 19.8 Å². The second-order valence-corrected chi connectivity index (χ2v) is 8.17. The molecule has 0 aliphatic carbocycles. The molecule has 2 fully saturated rings. The van der Waals surface area contributed by atoms with Gasteiger partial charge in [0.15, 0.2) is 0 Å². The third-order valence-electron chi connectivity index (χ3n) is 4.84. The number of hydrogen-bond acceptors (Lipinski definition) is 4. The van der Waals surface area contributed by atoms with Crippen molar-refractivity contribution in [1.29, 1.82) is 0 Å². The third kappa shape index (κ3) is 4.82. The monoisotopic (exact) mass is 381 g/mol. The Morgan fingerprint density at radius 3 is 3.00 bits per heavy atom. The summed E-state index contributed by atoms with van der Waals surface area (Å²) in [6, 6.07) is 5.98. The van der Waals surface area contributed by atoms with Gasteiger partial charge in [0.1, 0.15) is 0 Å². The molecule has 2 saturated heterocycles. The Hall–Kier alpha value is -1.40. The van der Waals surface area contributed by atoms with E-state index in [4.69, 9.17) is 11.6 Å². The number of hydrogen-bond donors (Lipinski definition) is 1. The smallest absolute Gasteiger partial charge is 0.281 e. The van der Waals surface area contributed by atoms with Crippen LogP contribution in [-0.4, -0.2) is 54.5 Å². The molecule has 1 aromatic rings. The number of anilines is 1. The van der Waals surface area contributed by atoms with E-state index in [0.717, 1.165) is 36.8 Å². The first-order valence-electron chi connectivity index (χ1n) is 8.72. The summed E-state index contributed by atoms with van der Waals surface area (Å²) in [7, 11) is 0. The van der Waals surface area contributed by atoms with E-state index in [1.165, 1.54) is 23.0 Å². The van der Waals surface area contributed by atoms with Gasteiger partial charge in [-0.25, -0.2) is 0 Å². The highest BCUT2D eigenvalue weighted by Gasteiger charge is 2.25. The summed E-state index contributed by atoms with van der Waals surface area (Å²) < 4.78 is 0. The van der Waals surface area contributed by atoms with Crippen LogP contribution in [0.15, 0.2) is 18.2 Å². The van der Waals surface area contributed by atoms with Crippen molar-refractivity contribution in [3.05, 3.63) is 28.8 Å². The first-order valence-corrected chi connectivity index (χ1v) is 10.1. The molecule has 1 atom stereocenters. The number of aryl methyl sites for hydroxylation is 1. The fourth-order valence-electron chi connectivity index (χ4n) is 3.35. The van der Waals surface area contributed by atoms with Gasteiger partial charge in [-0.1, -0.05) is 29.4 Å². The number of thioether (sulfide) groups is 1. The van der Waals surface area contributed by atoms with E-state index >= 15 is 0 Å². The Kier molecular flexibility index (Phi) is 6.12. The maximum absolute atomic E-state index is 12.0. The molecule has 2 amide bonds. The van der Waals surface area contributed by atoms with Crippen LogP contribution >= 0.6 is 23.4 Å². The zero-order valence-electron chi connectivity index (χ0n) is 14.5. The zero-order valence-corrected chi connectivity index (χ0v) is 16.0. The van der Waals surface area contributed by atoms with Crippen LogP contribution in [0.1, 0.15) is 18.4 Å². The first-order chi connectivity index (χ1) is 12.0. The maximum atomic E-state index is 12.0. The van der Waals surface area contributed by atoms with Crippen molar-refractivity contribution in [2.75, 3.05) is 43.4 Å². The van der Waals surface area contributed by atoms with E-state index in [-0.39, 0.29) is 11.1 Å². The van der Waals surface area contributed by atoms with E-state index in [1.54, 1.807) is 4.90 Å². The second kappa shape index (κ2) is 8.32. The van der Waals surface area contributed by atoms with Gasteiger partial charge in [0.05, 0.1) is 0 Å². The topological polar surface area (TPSA) is 52.7 Å². The minimum atomic E-state index is 0.0297. The molecule has 25 heavy (non-hydrogen) atoms. The predicted octanol–water partition coefficient (Wildman–Crippen LogP) is 3.15. The highest BCUT2D eigenvalue weighted by molar-refractivity contribution is 8.13. The van der Waals surface area contributed by atoms with Gasteiger partial charge in [-0.05, 0) is 37.0 Å². The minimum absolute atomic E-state index is 0.0297. The number of nitrogens with zero attached hydrogens (tertiary/aromatic N) is 2. The van der Waals surface area contributed by atoms with Crippen LogP contribution in [0.3, 0.4) is 0 Å². The molecule has 0 bridgehead atoms. The fraction of sp³-hybridized carbons (Fsp3) is 0.556. The van der Waals surface area contributed by atoms with Crippen molar-refractivity contribution in [2.24, 2.45) is 5.92 Å². The molecule has 0 saturated carbocycles. The van der Waals surface area contributed by atoms with Crippen LogP contribution in [0.25, 0.3) is 0 Å². The summed E-state index contributed by atoms with van der Waals surface area (Å²) in [5.74, 6) is 1.31. The van der Waals surface area contributed by atoms with Gasteiger partial charge in [-0.3, -0.25) is 9.59 Å². The molecule has 7 heteroatoms. The number of amides is 2. The SMILES string of the molecule is Cc1ccc(Cl)cc1N1CCC(CNC(=O)CCN2CCSC2=O)C1. The number of halogens is 1. The van der Waals surface area contributed by atoms with Crippen LogP contribution in [-0.2, 0) is 4.79 Å². The lowest BCUT2D eigenvalue weighted by Crippen LogP contribution is -2.34. The van der Waals surface area contributed by atoms with E-state index in [2.05, 4.69) is 17.1 Å². The predicted molar refractivity (Wildman–Crippen MR) is 104 cm³/mol. The van der Waals surface area contributed by atoms with E-state index in [9.17, 15) is 9.59 Å². The van der Waals surface area contributed by atoms with Crippen molar-refractivity contribution >= 4 is 40.2 Å². The molecule has 5 nitrogen and oxygen atoms in total. The van der Waals surface area contributed by atoms with Gasteiger partial charge < -0.3 is 15.1 Å². The van der Waals surface area contributed by atoms with Crippen molar-refractivity contribution < 1.29 is 9.59 Å². The Labute approximate surface area is 158 Å². The van der Waals surface area contributed by atoms with Gasteiger partial charge in [0, 0.05) is 55.6 Å². The molecule has 136 valence electrons. The normalized spacial score (nSPS) is 20.4. The number of rotatable bonds is 6. The number of benzene rings is 1. The standard InChI is InChI=1S/C18H24ClN3O2S/c1-13-2-3-15(19)10-16(13)22-6-4-14(12-22)11-20-17(23)5-7-21-8-9-25-18(21)24/h2-3,10,14H,4-9,11-12H2,1H3,(H,20,23). The van der Waals surface area contributed by atoms with Crippen molar-refractivity contribution in [1.82, 2.24) is 10.2 Å². The van der Waals surface area contributed by atoms with E-state index in [0.29, 0.717) is 25.4 Å². The summed E-state index contributed by atoms with van der Waals surface area (Å²) >= 11 is 7.45. The average molecular weight is 382 g/mol. The van der Waals surface area contributed by atoms with Crippen LogP contribution in [0.5, 0.6) is 0 Å². The quantitative estimate of drug-likeness (QED) is 0.822. The molecular weight excluding hydrogens is 358 g/mol. The molecule has 0 radical (unpaired) electrons. The van der Waals surface area contributed by atoms with Crippen LogP contribution < -0.4 is 10.2 Å². The summed E-state index contributed by atoms with van der Waals surface area (Å²) in [4.78, 5) is 27.6.